The molecule has 1 aromatic carbocycles. The van der Waals surface area contributed by atoms with E-state index < -0.39 is 7.37 Å². The Morgan fingerprint density at radius 1 is 1.00 bits per heavy atom. The summed E-state index contributed by atoms with van der Waals surface area (Å²) in [6, 6.07) is 10.3. The summed E-state index contributed by atoms with van der Waals surface area (Å²) in [5.41, 5.74) is 1.16. The summed E-state index contributed by atoms with van der Waals surface area (Å²) >= 11 is 0. The third-order valence-corrected chi connectivity index (χ3v) is 7.69. The van der Waals surface area contributed by atoms with Gasteiger partial charge in [0.1, 0.15) is 0 Å². The summed E-state index contributed by atoms with van der Waals surface area (Å²) in [5, 5.41) is 0. The fraction of sp³-hybridized carbons (Fsp3) is 0.652. The van der Waals surface area contributed by atoms with Crippen LogP contribution in [-0.2, 0) is 9.09 Å². The molecule has 1 unspecified atom stereocenters. The van der Waals surface area contributed by atoms with Crippen molar-refractivity contribution < 1.29 is 9.09 Å². The van der Waals surface area contributed by atoms with E-state index in [1.54, 1.807) is 0 Å². The second-order valence-electron chi connectivity index (χ2n) is 7.67. The van der Waals surface area contributed by atoms with Crippen molar-refractivity contribution in [3.8, 4) is 0 Å². The monoisotopic (exact) mass is 376 g/mol. The third kappa shape index (κ3) is 8.69. The highest BCUT2D eigenvalue weighted by molar-refractivity contribution is 7.59. The minimum Gasteiger partial charge on any atom is -0.325 e. The highest BCUT2D eigenvalue weighted by atomic mass is 31.2. The molecule has 26 heavy (non-hydrogen) atoms. The van der Waals surface area contributed by atoms with Crippen molar-refractivity contribution in [1.29, 1.82) is 0 Å². The minimum absolute atomic E-state index is 0.222. The fourth-order valence-electron chi connectivity index (χ4n) is 3.68. The van der Waals surface area contributed by atoms with Crippen molar-refractivity contribution in [3.63, 3.8) is 0 Å². The second-order valence-corrected chi connectivity index (χ2v) is 10.3. The first-order valence-corrected chi connectivity index (χ1v) is 12.7. The zero-order valence-electron chi connectivity index (χ0n) is 16.6. The maximum Gasteiger partial charge on any atom is 0.207 e. The molecule has 1 aromatic rings. The van der Waals surface area contributed by atoms with Gasteiger partial charge in [-0.05, 0) is 24.8 Å². The molecule has 0 aliphatic heterocycles. The number of rotatable bonds is 12. The SMILES string of the molecule is CCCCCCCCP(=O)(C/C=C/c1ccccc1)OC1CCCCC1. The summed E-state index contributed by atoms with van der Waals surface area (Å²) in [5.74, 6) is 0. The molecule has 1 atom stereocenters. The van der Waals surface area contributed by atoms with Gasteiger partial charge in [-0.2, -0.15) is 0 Å². The minimum atomic E-state index is -2.57. The molecule has 146 valence electrons. The Kier molecular flexibility index (Phi) is 10.3. The number of hydrogen-bond acceptors (Lipinski definition) is 2. The van der Waals surface area contributed by atoms with Gasteiger partial charge < -0.3 is 4.52 Å². The summed E-state index contributed by atoms with van der Waals surface area (Å²) in [6.45, 7) is 2.24. The molecule has 0 saturated heterocycles. The maximum absolute atomic E-state index is 13.5. The molecule has 0 spiro atoms. The lowest BCUT2D eigenvalue weighted by Crippen LogP contribution is -2.17. The smallest absolute Gasteiger partial charge is 0.207 e. The Morgan fingerprint density at radius 3 is 2.42 bits per heavy atom. The van der Waals surface area contributed by atoms with Crippen molar-refractivity contribution in [2.75, 3.05) is 12.3 Å². The number of benzene rings is 1. The average Bonchev–Trinajstić information content (AvgIpc) is 2.66. The van der Waals surface area contributed by atoms with Crippen LogP contribution in [-0.4, -0.2) is 18.4 Å². The lowest BCUT2D eigenvalue weighted by Gasteiger charge is -2.27. The molecular weight excluding hydrogens is 339 g/mol. The molecule has 0 bridgehead atoms. The molecule has 0 aromatic heterocycles. The van der Waals surface area contributed by atoms with Crippen molar-refractivity contribution in [2.24, 2.45) is 0 Å². The van der Waals surface area contributed by atoms with Gasteiger partial charge >= 0.3 is 0 Å². The van der Waals surface area contributed by atoms with Gasteiger partial charge in [0.2, 0.25) is 7.37 Å². The van der Waals surface area contributed by atoms with Crippen LogP contribution >= 0.6 is 7.37 Å². The van der Waals surface area contributed by atoms with E-state index in [9.17, 15) is 4.57 Å². The van der Waals surface area contributed by atoms with Gasteiger partial charge in [-0.15, -0.1) is 0 Å². The van der Waals surface area contributed by atoms with Gasteiger partial charge in [0.25, 0.3) is 0 Å². The number of allylic oxidation sites excluding steroid dienone is 1. The molecule has 0 heterocycles. The highest BCUT2D eigenvalue weighted by Gasteiger charge is 2.27. The summed E-state index contributed by atoms with van der Waals surface area (Å²) in [7, 11) is -2.57. The highest BCUT2D eigenvalue weighted by Crippen LogP contribution is 2.50. The van der Waals surface area contributed by atoms with E-state index >= 15 is 0 Å². The zero-order chi connectivity index (χ0) is 18.5. The Hall–Kier alpha value is -0.850. The summed E-state index contributed by atoms with van der Waals surface area (Å²) in [4.78, 5) is 0. The molecule has 0 N–H and O–H groups in total. The Labute approximate surface area is 160 Å². The largest absolute Gasteiger partial charge is 0.325 e. The van der Waals surface area contributed by atoms with Gasteiger partial charge in [0.15, 0.2) is 0 Å². The number of hydrogen-bond donors (Lipinski definition) is 0. The standard InChI is InChI=1S/C23H37O2P/c1-2-3-4-5-6-13-20-26(24,25-23-18-11-8-12-19-23)21-14-17-22-15-9-7-10-16-22/h7,9-10,14-17,23H,2-6,8,11-13,18-21H2,1H3/b17-14+. The van der Waals surface area contributed by atoms with Gasteiger partial charge in [-0.1, -0.05) is 101 Å². The molecule has 1 aliphatic rings. The van der Waals surface area contributed by atoms with E-state index in [0.29, 0.717) is 6.16 Å². The van der Waals surface area contributed by atoms with E-state index in [1.807, 2.05) is 18.2 Å². The zero-order valence-corrected chi connectivity index (χ0v) is 17.5. The van der Waals surface area contributed by atoms with E-state index in [0.717, 1.165) is 31.0 Å². The predicted molar refractivity (Wildman–Crippen MR) is 114 cm³/mol. The first-order valence-electron chi connectivity index (χ1n) is 10.7. The summed E-state index contributed by atoms with van der Waals surface area (Å²) in [6.07, 6.45) is 19.0. The molecule has 3 heteroatoms. The van der Waals surface area contributed by atoms with E-state index in [4.69, 9.17) is 4.52 Å². The van der Waals surface area contributed by atoms with Crippen LogP contribution in [0.3, 0.4) is 0 Å². The molecule has 1 aliphatic carbocycles. The molecule has 2 rings (SSSR count). The molecule has 0 amide bonds. The first-order chi connectivity index (χ1) is 12.7. The van der Waals surface area contributed by atoms with Gasteiger partial charge in [-0.3, -0.25) is 4.57 Å². The van der Waals surface area contributed by atoms with E-state index in [2.05, 4.69) is 31.2 Å². The van der Waals surface area contributed by atoms with Crippen LogP contribution in [0.25, 0.3) is 6.08 Å². The van der Waals surface area contributed by atoms with Gasteiger partial charge in [0, 0.05) is 12.3 Å². The predicted octanol–water partition coefficient (Wildman–Crippen LogP) is 7.69. The molecular formula is C23H37O2P. The third-order valence-electron chi connectivity index (χ3n) is 5.24. The molecule has 1 saturated carbocycles. The van der Waals surface area contributed by atoms with Crippen LogP contribution in [0.1, 0.15) is 83.1 Å². The molecule has 1 fully saturated rings. The van der Waals surface area contributed by atoms with Crippen LogP contribution in [0.4, 0.5) is 0 Å². The van der Waals surface area contributed by atoms with Crippen molar-refractivity contribution in [3.05, 3.63) is 42.0 Å². The van der Waals surface area contributed by atoms with E-state index in [-0.39, 0.29) is 6.10 Å². The van der Waals surface area contributed by atoms with Crippen LogP contribution in [0.5, 0.6) is 0 Å². The quantitative estimate of drug-likeness (QED) is 0.276. The lowest BCUT2D eigenvalue weighted by atomic mass is 9.98. The Balaban J connectivity index is 1.86. The Morgan fingerprint density at radius 2 is 1.69 bits per heavy atom. The number of unbranched alkanes of at least 4 members (excludes halogenated alkanes) is 5. The normalized spacial score (nSPS) is 18.2. The molecule has 0 radical (unpaired) electrons. The van der Waals surface area contributed by atoms with Crippen LogP contribution < -0.4 is 0 Å². The average molecular weight is 377 g/mol. The van der Waals surface area contributed by atoms with Crippen LogP contribution in [0, 0.1) is 0 Å². The van der Waals surface area contributed by atoms with Crippen molar-refractivity contribution in [1.82, 2.24) is 0 Å². The van der Waals surface area contributed by atoms with E-state index in [1.165, 1.54) is 51.4 Å². The van der Waals surface area contributed by atoms with Crippen molar-refractivity contribution in [2.45, 2.75) is 83.7 Å². The first kappa shape index (κ1) is 21.5. The van der Waals surface area contributed by atoms with Crippen LogP contribution in [0.2, 0.25) is 0 Å². The van der Waals surface area contributed by atoms with Gasteiger partial charge in [-0.25, -0.2) is 0 Å². The fourth-order valence-corrected chi connectivity index (χ4v) is 5.94. The van der Waals surface area contributed by atoms with Gasteiger partial charge in [0.05, 0.1) is 6.10 Å². The van der Waals surface area contributed by atoms with Crippen LogP contribution in [0.15, 0.2) is 36.4 Å². The Bertz CT molecular complexity index is 547. The molecule has 2 nitrogen and oxygen atoms in total. The maximum atomic E-state index is 13.5. The second kappa shape index (κ2) is 12.5. The topological polar surface area (TPSA) is 26.3 Å². The summed E-state index contributed by atoms with van der Waals surface area (Å²) < 4.78 is 19.7. The lowest BCUT2D eigenvalue weighted by molar-refractivity contribution is 0.158. The van der Waals surface area contributed by atoms with Crippen molar-refractivity contribution >= 4 is 13.4 Å².